The van der Waals surface area contributed by atoms with Gasteiger partial charge in [-0.2, -0.15) is 0 Å². The van der Waals surface area contributed by atoms with Crippen LogP contribution in [0.5, 0.6) is 5.75 Å². The fraction of sp³-hybridized carbons (Fsp3) is 0.364. The van der Waals surface area contributed by atoms with Gasteiger partial charge < -0.3 is 15.4 Å². The van der Waals surface area contributed by atoms with Gasteiger partial charge in [0.05, 0.1) is 12.1 Å². The molecule has 1 rings (SSSR count). The van der Waals surface area contributed by atoms with Crippen LogP contribution in [0.25, 0.3) is 0 Å². The number of nitrogens with zero attached hydrogens (tertiary/aromatic N) is 1. The molecule has 0 spiro atoms. The molecule has 0 saturated heterocycles. The standard InChI is InChI=1S/C11H15ClN2O2/c1-14(11(13)15)6-5-8-3-4-10(16-2)9(12)7-8/h3-4,7H,5-6H2,1-2H3,(H2,13,15). The van der Waals surface area contributed by atoms with E-state index in [0.717, 1.165) is 5.56 Å². The molecule has 1 aromatic carbocycles. The Hall–Kier alpha value is -1.42. The first kappa shape index (κ1) is 12.6. The summed E-state index contributed by atoms with van der Waals surface area (Å²) in [6.07, 6.45) is 0.711. The van der Waals surface area contributed by atoms with Crippen molar-refractivity contribution in [1.82, 2.24) is 4.90 Å². The van der Waals surface area contributed by atoms with E-state index >= 15 is 0 Å². The number of carbonyl (C=O) groups is 1. The molecule has 0 fully saturated rings. The largest absolute Gasteiger partial charge is 0.495 e. The predicted molar refractivity (Wildman–Crippen MR) is 63.9 cm³/mol. The third-order valence-electron chi connectivity index (χ3n) is 2.33. The molecular formula is C11H15ClN2O2. The first-order valence-electron chi connectivity index (χ1n) is 4.87. The predicted octanol–water partition coefficient (Wildman–Crippen LogP) is 1.90. The zero-order valence-corrected chi connectivity index (χ0v) is 10.1. The quantitative estimate of drug-likeness (QED) is 0.877. The van der Waals surface area contributed by atoms with Crippen molar-refractivity contribution in [3.8, 4) is 5.75 Å². The number of methoxy groups -OCH3 is 1. The van der Waals surface area contributed by atoms with Gasteiger partial charge in [-0.05, 0) is 24.1 Å². The molecule has 0 aromatic heterocycles. The van der Waals surface area contributed by atoms with E-state index in [0.29, 0.717) is 23.7 Å². The molecule has 0 radical (unpaired) electrons. The molecule has 88 valence electrons. The molecule has 5 heteroatoms. The number of likely N-dealkylation sites (N-methyl/N-ethyl adjacent to an activating group) is 1. The Balaban J connectivity index is 2.62. The second-order valence-electron chi connectivity index (χ2n) is 3.48. The highest BCUT2D eigenvalue weighted by Gasteiger charge is 2.05. The monoisotopic (exact) mass is 242 g/mol. The van der Waals surface area contributed by atoms with Crippen molar-refractivity contribution in [1.29, 1.82) is 0 Å². The van der Waals surface area contributed by atoms with Crippen molar-refractivity contribution in [3.05, 3.63) is 28.8 Å². The molecule has 0 aliphatic heterocycles. The highest BCUT2D eigenvalue weighted by molar-refractivity contribution is 6.32. The molecule has 0 heterocycles. The summed E-state index contributed by atoms with van der Waals surface area (Å²) in [5, 5.41) is 0.571. The number of primary amides is 1. The van der Waals surface area contributed by atoms with Gasteiger partial charge in [-0.15, -0.1) is 0 Å². The van der Waals surface area contributed by atoms with E-state index in [-0.39, 0.29) is 0 Å². The average molecular weight is 243 g/mol. The van der Waals surface area contributed by atoms with Crippen LogP contribution in [0.3, 0.4) is 0 Å². The topological polar surface area (TPSA) is 55.6 Å². The van der Waals surface area contributed by atoms with Crippen LogP contribution >= 0.6 is 11.6 Å². The smallest absolute Gasteiger partial charge is 0.314 e. The number of carbonyl (C=O) groups excluding carboxylic acids is 1. The molecule has 2 amide bonds. The van der Waals surface area contributed by atoms with Crippen molar-refractivity contribution >= 4 is 17.6 Å². The summed E-state index contributed by atoms with van der Waals surface area (Å²) in [6.45, 7) is 0.567. The number of urea groups is 1. The molecule has 4 nitrogen and oxygen atoms in total. The first-order valence-corrected chi connectivity index (χ1v) is 5.25. The fourth-order valence-electron chi connectivity index (χ4n) is 1.27. The van der Waals surface area contributed by atoms with Crippen molar-refractivity contribution in [2.45, 2.75) is 6.42 Å². The highest BCUT2D eigenvalue weighted by atomic mass is 35.5. The van der Waals surface area contributed by atoms with Crippen LogP contribution in [-0.4, -0.2) is 31.6 Å². The lowest BCUT2D eigenvalue weighted by atomic mass is 10.1. The number of hydrogen-bond acceptors (Lipinski definition) is 2. The Morgan fingerprint density at radius 1 is 1.56 bits per heavy atom. The third-order valence-corrected chi connectivity index (χ3v) is 2.62. The van der Waals surface area contributed by atoms with Crippen LogP contribution in [0.1, 0.15) is 5.56 Å². The van der Waals surface area contributed by atoms with Gasteiger partial charge in [-0.3, -0.25) is 0 Å². The first-order chi connectivity index (χ1) is 7.54. The van der Waals surface area contributed by atoms with Crippen LogP contribution in [0.15, 0.2) is 18.2 Å². The Morgan fingerprint density at radius 2 is 2.25 bits per heavy atom. The lowest BCUT2D eigenvalue weighted by Gasteiger charge is -2.14. The lowest BCUT2D eigenvalue weighted by molar-refractivity contribution is 0.219. The number of ether oxygens (including phenoxy) is 1. The number of rotatable bonds is 4. The number of nitrogens with two attached hydrogens (primary N) is 1. The van der Waals surface area contributed by atoms with Crippen LogP contribution in [0.2, 0.25) is 5.02 Å². The van der Waals surface area contributed by atoms with E-state index in [1.165, 1.54) is 4.90 Å². The molecule has 16 heavy (non-hydrogen) atoms. The van der Waals surface area contributed by atoms with Crippen LogP contribution in [0, 0.1) is 0 Å². The summed E-state index contributed by atoms with van der Waals surface area (Å²) in [5.74, 6) is 0.647. The van der Waals surface area contributed by atoms with Crippen molar-refractivity contribution in [2.75, 3.05) is 20.7 Å². The molecule has 2 N–H and O–H groups in total. The molecule has 0 bridgehead atoms. The summed E-state index contributed by atoms with van der Waals surface area (Å²) in [7, 11) is 3.23. The number of hydrogen-bond donors (Lipinski definition) is 1. The van der Waals surface area contributed by atoms with Gasteiger partial charge in [0.1, 0.15) is 5.75 Å². The second kappa shape index (κ2) is 5.61. The maximum absolute atomic E-state index is 10.8. The van der Waals surface area contributed by atoms with E-state index in [2.05, 4.69) is 0 Å². The van der Waals surface area contributed by atoms with Gasteiger partial charge in [-0.1, -0.05) is 17.7 Å². The van der Waals surface area contributed by atoms with E-state index in [1.54, 1.807) is 14.2 Å². The average Bonchev–Trinajstić information content (AvgIpc) is 2.25. The van der Waals surface area contributed by atoms with E-state index in [9.17, 15) is 4.79 Å². The molecule has 1 aromatic rings. The van der Waals surface area contributed by atoms with E-state index < -0.39 is 6.03 Å². The fourth-order valence-corrected chi connectivity index (χ4v) is 1.55. The summed E-state index contributed by atoms with van der Waals surface area (Å²) in [5.41, 5.74) is 6.16. The maximum Gasteiger partial charge on any atom is 0.314 e. The zero-order valence-electron chi connectivity index (χ0n) is 9.37. The summed E-state index contributed by atoms with van der Waals surface area (Å²) < 4.78 is 5.05. The number of amides is 2. The zero-order chi connectivity index (χ0) is 12.1. The van der Waals surface area contributed by atoms with Crippen molar-refractivity contribution < 1.29 is 9.53 Å². The highest BCUT2D eigenvalue weighted by Crippen LogP contribution is 2.25. The van der Waals surface area contributed by atoms with Gasteiger partial charge in [0.15, 0.2) is 0 Å². The minimum Gasteiger partial charge on any atom is -0.495 e. The minimum absolute atomic E-state index is 0.431. The van der Waals surface area contributed by atoms with Gasteiger partial charge in [0.25, 0.3) is 0 Å². The molecule has 0 aliphatic rings. The maximum atomic E-state index is 10.8. The molecule has 0 saturated carbocycles. The SMILES string of the molecule is COc1ccc(CCN(C)C(N)=O)cc1Cl. The van der Waals surface area contributed by atoms with Gasteiger partial charge >= 0.3 is 6.03 Å². The lowest BCUT2D eigenvalue weighted by Crippen LogP contribution is -2.33. The normalized spacial score (nSPS) is 9.94. The Kier molecular flexibility index (Phi) is 4.43. The Labute approximate surface area is 99.9 Å². The van der Waals surface area contributed by atoms with Crippen LogP contribution in [0.4, 0.5) is 4.79 Å². The summed E-state index contributed by atoms with van der Waals surface area (Å²) >= 11 is 5.98. The second-order valence-corrected chi connectivity index (χ2v) is 3.89. The molecule has 0 unspecified atom stereocenters. The summed E-state index contributed by atoms with van der Waals surface area (Å²) in [4.78, 5) is 12.2. The van der Waals surface area contributed by atoms with Gasteiger partial charge in [-0.25, -0.2) is 4.79 Å². The van der Waals surface area contributed by atoms with Gasteiger partial charge in [0, 0.05) is 13.6 Å². The number of halogens is 1. The van der Waals surface area contributed by atoms with E-state index in [1.807, 2.05) is 18.2 Å². The van der Waals surface area contributed by atoms with Crippen molar-refractivity contribution in [3.63, 3.8) is 0 Å². The van der Waals surface area contributed by atoms with Crippen molar-refractivity contribution in [2.24, 2.45) is 5.73 Å². The molecule has 0 atom stereocenters. The minimum atomic E-state index is -0.431. The number of benzene rings is 1. The van der Waals surface area contributed by atoms with Crippen LogP contribution < -0.4 is 10.5 Å². The third kappa shape index (κ3) is 3.31. The Morgan fingerprint density at radius 3 is 2.75 bits per heavy atom. The van der Waals surface area contributed by atoms with E-state index in [4.69, 9.17) is 22.1 Å². The molecular weight excluding hydrogens is 228 g/mol. The van der Waals surface area contributed by atoms with Gasteiger partial charge in [0.2, 0.25) is 0 Å². The Bertz CT molecular complexity index is 382. The summed E-state index contributed by atoms with van der Waals surface area (Å²) in [6, 6.07) is 5.12. The molecule has 0 aliphatic carbocycles. The van der Waals surface area contributed by atoms with Crippen LogP contribution in [-0.2, 0) is 6.42 Å².